The summed E-state index contributed by atoms with van der Waals surface area (Å²) in [6, 6.07) is 4.92. The Morgan fingerprint density at radius 1 is 1.11 bits per heavy atom. The second-order valence-electron chi connectivity index (χ2n) is 6.35. The third-order valence-electron chi connectivity index (χ3n) is 4.90. The van der Waals surface area contributed by atoms with Crippen molar-refractivity contribution in [2.75, 3.05) is 24.6 Å². The Bertz CT molecular complexity index is 824. The molecule has 7 heteroatoms. The van der Waals surface area contributed by atoms with Crippen molar-refractivity contribution in [1.82, 2.24) is 0 Å². The zero-order chi connectivity index (χ0) is 20.9. The van der Waals surface area contributed by atoms with Gasteiger partial charge in [0.25, 0.3) is 0 Å². The van der Waals surface area contributed by atoms with Crippen LogP contribution < -0.4 is 9.64 Å². The van der Waals surface area contributed by atoms with E-state index in [0.717, 1.165) is 24.9 Å². The van der Waals surface area contributed by atoms with E-state index in [9.17, 15) is 24.6 Å². The maximum absolute atomic E-state index is 13.4. The fourth-order valence-corrected chi connectivity index (χ4v) is 3.42. The summed E-state index contributed by atoms with van der Waals surface area (Å²) in [5.74, 6) is -4.98. The number of hydrogen-bond acceptors (Lipinski definition) is 5. The van der Waals surface area contributed by atoms with Crippen LogP contribution in [0.4, 0.5) is 5.69 Å². The minimum atomic E-state index is -2.23. The molecule has 2 N–H and O–H groups in total. The molecule has 0 spiro atoms. The highest BCUT2D eigenvalue weighted by Gasteiger charge is 2.54. The summed E-state index contributed by atoms with van der Waals surface area (Å²) in [4.78, 5) is 39.3. The number of carbonyl (C=O) groups is 3. The van der Waals surface area contributed by atoms with Crippen LogP contribution in [-0.2, 0) is 9.59 Å². The average Bonchev–Trinajstić information content (AvgIpc) is 2.68. The van der Waals surface area contributed by atoms with Crippen molar-refractivity contribution in [2.24, 2.45) is 11.3 Å². The topological polar surface area (TPSA) is 104 Å². The molecule has 2 unspecified atom stereocenters. The van der Waals surface area contributed by atoms with Crippen molar-refractivity contribution in [3.63, 3.8) is 0 Å². The molecule has 1 aromatic carbocycles. The van der Waals surface area contributed by atoms with E-state index in [1.54, 1.807) is 19.1 Å². The molecule has 0 radical (unpaired) electrons. The lowest BCUT2D eigenvalue weighted by atomic mass is 9.68. The molecule has 1 aliphatic carbocycles. The summed E-state index contributed by atoms with van der Waals surface area (Å²) in [5, 5.41) is 19.4. The Balaban J connectivity index is 2.62. The van der Waals surface area contributed by atoms with Crippen LogP contribution in [0, 0.1) is 11.3 Å². The largest absolute Gasteiger partial charge is 0.493 e. The van der Waals surface area contributed by atoms with Gasteiger partial charge in [-0.2, -0.15) is 0 Å². The molecule has 150 valence electrons. The standard InChI is InChI=1S/C21H25NO6/c1-4-22(5-2)14-10-11-15(17(13-14)28-6-3)18(23)21(20(26)27)12-8-7-9-16(21)19(24)25/h7-13,16H,4-6H2,1-3H3,(H,24,25)(H,26,27). The van der Waals surface area contributed by atoms with Crippen molar-refractivity contribution in [3.8, 4) is 5.75 Å². The van der Waals surface area contributed by atoms with Crippen LogP contribution in [0.5, 0.6) is 5.75 Å². The second kappa shape index (κ2) is 8.73. The van der Waals surface area contributed by atoms with Gasteiger partial charge < -0.3 is 19.8 Å². The molecule has 0 saturated heterocycles. The molecule has 7 nitrogen and oxygen atoms in total. The summed E-state index contributed by atoms with van der Waals surface area (Å²) < 4.78 is 5.62. The Morgan fingerprint density at radius 2 is 1.79 bits per heavy atom. The third-order valence-corrected chi connectivity index (χ3v) is 4.90. The highest BCUT2D eigenvalue weighted by molar-refractivity contribution is 6.17. The Morgan fingerprint density at radius 3 is 2.32 bits per heavy atom. The van der Waals surface area contributed by atoms with Gasteiger partial charge in [-0.1, -0.05) is 24.3 Å². The van der Waals surface area contributed by atoms with E-state index in [-0.39, 0.29) is 17.9 Å². The van der Waals surface area contributed by atoms with E-state index < -0.39 is 29.1 Å². The van der Waals surface area contributed by atoms with Gasteiger partial charge >= 0.3 is 11.9 Å². The van der Waals surface area contributed by atoms with Crippen LogP contribution in [0.2, 0.25) is 0 Å². The molecular formula is C21H25NO6. The molecule has 1 aliphatic rings. The summed E-state index contributed by atoms with van der Waals surface area (Å²) in [6.45, 7) is 7.54. The number of aliphatic carboxylic acids is 2. The van der Waals surface area contributed by atoms with Gasteiger partial charge in [0.05, 0.1) is 12.2 Å². The first-order valence-electron chi connectivity index (χ1n) is 9.22. The van der Waals surface area contributed by atoms with Crippen LogP contribution in [0.3, 0.4) is 0 Å². The Hall–Kier alpha value is -3.09. The number of rotatable bonds is 9. The predicted octanol–water partition coefficient (Wildman–Crippen LogP) is 3.01. The summed E-state index contributed by atoms with van der Waals surface area (Å²) >= 11 is 0. The smallest absolute Gasteiger partial charge is 0.322 e. The van der Waals surface area contributed by atoms with Gasteiger partial charge in [0.2, 0.25) is 0 Å². The van der Waals surface area contributed by atoms with Gasteiger partial charge in [-0.15, -0.1) is 0 Å². The minimum absolute atomic E-state index is 0.0476. The fourth-order valence-electron chi connectivity index (χ4n) is 3.42. The highest BCUT2D eigenvalue weighted by atomic mass is 16.5. The first kappa shape index (κ1) is 21.2. The number of Topliss-reactive ketones (excluding diaryl/α,β-unsaturated/α-hetero) is 1. The van der Waals surface area contributed by atoms with Gasteiger partial charge in [-0.3, -0.25) is 14.4 Å². The summed E-state index contributed by atoms with van der Waals surface area (Å²) in [5.41, 5.74) is -1.35. The number of ketones is 1. The van der Waals surface area contributed by atoms with Crippen molar-refractivity contribution < 1.29 is 29.3 Å². The Kier molecular flexibility index (Phi) is 6.62. The maximum atomic E-state index is 13.4. The zero-order valence-corrected chi connectivity index (χ0v) is 16.2. The van der Waals surface area contributed by atoms with Gasteiger partial charge in [-0.05, 0) is 32.9 Å². The molecule has 2 rings (SSSR count). The lowest BCUT2D eigenvalue weighted by Gasteiger charge is -2.31. The molecular weight excluding hydrogens is 362 g/mol. The number of carboxylic acids is 2. The van der Waals surface area contributed by atoms with E-state index in [1.807, 2.05) is 13.8 Å². The quantitative estimate of drug-likeness (QED) is 0.496. The molecule has 0 heterocycles. The summed E-state index contributed by atoms with van der Waals surface area (Å²) in [6.07, 6.45) is 5.18. The number of benzene rings is 1. The first-order valence-corrected chi connectivity index (χ1v) is 9.22. The number of carboxylic acid groups (broad SMARTS) is 2. The molecule has 0 amide bonds. The lowest BCUT2D eigenvalue weighted by molar-refractivity contribution is -0.154. The molecule has 1 aromatic rings. The molecule has 0 bridgehead atoms. The van der Waals surface area contributed by atoms with Crippen LogP contribution in [0.25, 0.3) is 0 Å². The third kappa shape index (κ3) is 3.65. The van der Waals surface area contributed by atoms with E-state index in [0.29, 0.717) is 0 Å². The van der Waals surface area contributed by atoms with Crippen molar-refractivity contribution in [2.45, 2.75) is 20.8 Å². The first-order chi connectivity index (χ1) is 13.3. The number of ether oxygens (including phenoxy) is 1. The molecule has 0 fully saturated rings. The normalized spacial score (nSPS) is 20.6. The molecule has 0 aliphatic heterocycles. The highest BCUT2D eigenvalue weighted by Crippen LogP contribution is 2.40. The van der Waals surface area contributed by atoms with Crippen LogP contribution in [0.1, 0.15) is 31.1 Å². The number of nitrogens with zero attached hydrogens (tertiary/aromatic N) is 1. The fraction of sp³-hybridized carbons (Fsp3) is 0.381. The predicted molar refractivity (Wildman–Crippen MR) is 105 cm³/mol. The number of carbonyl (C=O) groups excluding carboxylic acids is 1. The number of hydrogen-bond donors (Lipinski definition) is 2. The van der Waals surface area contributed by atoms with Crippen molar-refractivity contribution in [1.29, 1.82) is 0 Å². The van der Waals surface area contributed by atoms with Gasteiger partial charge in [0.15, 0.2) is 11.2 Å². The van der Waals surface area contributed by atoms with Gasteiger partial charge in [0, 0.05) is 24.8 Å². The summed E-state index contributed by atoms with van der Waals surface area (Å²) in [7, 11) is 0. The van der Waals surface area contributed by atoms with E-state index >= 15 is 0 Å². The molecule has 2 atom stereocenters. The minimum Gasteiger partial charge on any atom is -0.493 e. The van der Waals surface area contributed by atoms with E-state index in [1.165, 1.54) is 24.3 Å². The van der Waals surface area contributed by atoms with Crippen LogP contribution in [0.15, 0.2) is 42.5 Å². The van der Waals surface area contributed by atoms with Crippen molar-refractivity contribution in [3.05, 3.63) is 48.1 Å². The number of anilines is 1. The van der Waals surface area contributed by atoms with Gasteiger partial charge in [-0.25, -0.2) is 0 Å². The zero-order valence-electron chi connectivity index (χ0n) is 16.2. The second-order valence-corrected chi connectivity index (χ2v) is 6.35. The molecule has 0 aromatic heterocycles. The molecule has 0 saturated carbocycles. The Labute approximate surface area is 163 Å². The lowest BCUT2D eigenvalue weighted by Crippen LogP contribution is -2.47. The van der Waals surface area contributed by atoms with Crippen LogP contribution in [-0.4, -0.2) is 47.6 Å². The molecule has 28 heavy (non-hydrogen) atoms. The number of allylic oxidation sites excluding steroid dienone is 2. The van der Waals surface area contributed by atoms with Gasteiger partial charge in [0.1, 0.15) is 11.7 Å². The average molecular weight is 387 g/mol. The van der Waals surface area contributed by atoms with E-state index in [4.69, 9.17) is 4.74 Å². The monoisotopic (exact) mass is 387 g/mol. The van der Waals surface area contributed by atoms with E-state index in [2.05, 4.69) is 4.90 Å². The SMILES string of the molecule is CCOc1cc(N(CC)CC)ccc1C(=O)C1(C(=O)O)C=CC=CC1C(=O)O. The van der Waals surface area contributed by atoms with Crippen molar-refractivity contribution >= 4 is 23.4 Å². The maximum Gasteiger partial charge on any atom is 0.322 e. The van der Waals surface area contributed by atoms with Crippen LogP contribution >= 0.6 is 0 Å².